The Morgan fingerprint density at radius 2 is 1.93 bits per heavy atom. The lowest BCUT2D eigenvalue weighted by atomic mass is 10.0. The number of likely N-dealkylation sites (tertiary alicyclic amines) is 1. The Morgan fingerprint density at radius 1 is 1.17 bits per heavy atom. The molecule has 1 amide bonds. The molecule has 0 bridgehead atoms. The van der Waals surface area contributed by atoms with Crippen molar-refractivity contribution >= 4 is 11.9 Å². The van der Waals surface area contributed by atoms with Crippen LogP contribution in [-0.4, -0.2) is 61.6 Å². The summed E-state index contributed by atoms with van der Waals surface area (Å²) in [6.45, 7) is 10.3. The maximum absolute atomic E-state index is 11.9. The maximum atomic E-state index is 11.9. The standard InChI is InChI=1S/C23H37N5O/c1-4-12-25-22(29)16-28-13-10-18(11-14-28)26-23(24-5-2)27-21-15-20(21)19-9-7-6-8-17(19)3/h6-9,18,20-21H,4-5,10-16H2,1-3H3,(H,25,29)(H2,24,26,27). The third-order valence-electron chi connectivity index (χ3n) is 5.88. The second kappa shape index (κ2) is 10.6. The van der Waals surface area contributed by atoms with Crippen molar-refractivity contribution in [2.24, 2.45) is 4.99 Å². The first kappa shape index (κ1) is 21.6. The first-order valence-electron chi connectivity index (χ1n) is 11.2. The van der Waals surface area contributed by atoms with E-state index in [9.17, 15) is 4.79 Å². The number of carbonyl (C=O) groups excluding carboxylic acids is 1. The van der Waals surface area contributed by atoms with Gasteiger partial charge in [-0.25, -0.2) is 0 Å². The molecule has 2 atom stereocenters. The Hall–Kier alpha value is -2.08. The monoisotopic (exact) mass is 399 g/mol. The SMILES string of the molecule is CCCNC(=O)CN1CCC(NC(=NCC)NC2CC2c2ccccc2C)CC1. The van der Waals surface area contributed by atoms with Crippen molar-refractivity contribution in [1.29, 1.82) is 0 Å². The van der Waals surface area contributed by atoms with E-state index in [1.807, 2.05) is 0 Å². The Balaban J connectivity index is 1.43. The molecule has 2 aliphatic rings. The van der Waals surface area contributed by atoms with Crippen molar-refractivity contribution in [3.05, 3.63) is 35.4 Å². The van der Waals surface area contributed by atoms with Gasteiger partial charge in [0.2, 0.25) is 5.91 Å². The highest BCUT2D eigenvalue weighted by Crippen LogP contribution is 2.42. The topological polar surface area (TPSA) is 68.8 Å². The number of hydrogen-bond donors (Lipinski definition) is 3. The van der Waals surface area contributed by atoms with Gasteiger partial charge >= 0.3 is 0 Å². The van der Waals surface area contributed by atoms with Crippen LogP contribution in [0, 0.1) is 6.92 Å². The second-order valence-electron chi connectivity index (χ2n) is 8.32. The normalized spacial score (nSPS) is 22.9. The highest BCUT2D eigenvalue weighted by molar-refractivity contribution is 5.81. The van der Waals surface area contributed by atoms with Gasteiger partial charge in [-0.3, -0.25) is 14.7 Å². The fourth-order valence-electron chi connectivity index (χ4n) is 4.12. The molecule has 3 rings (SSSR count). The number of benzene rings is 1. The molecule has 1 saturated carbocycles. The summed E-state index contributed by atoms with van der Waals surface area (Å²) in [5.74, 6) is 1.67. The van der Waals surface area contributed by atoms with Gasteiger partial charge in [-0.15, -0.1) is 0 Å². The van der Waals surface area contributed by atoms with Gasteiger partial charge in [-0.1, -0.05) is 31.2 Å². The molecule has 6 heteroatoms. The minimum atomic E-state index is 0.143. The summed E-state index contributed by atoms with van der Waals surface area (Å²) in [7, 11) is 0. The average Bonchev–Trinajstić information content (AvgIpc) is 3.47. The molecular weight excluding hydrogens is 362 g/mol. The van der Waals surface area contributed by atoms with E-state index in [2.05, 4.69) is 70.9 Å². The number of aryl methyl sites for hydroxylation is 1. The zero-order valence-electron chi connectivity index (χ0n) is 18.2. The van der Waals surface area contributed by atoms with E-state index >= 15 is 0 Å². The van der Waals surface area contributed by atoms with Gasteiger partial charge in [0.15, 0.2) is 5.96 Å². The molecule has 1 heterocycles. The van der Waals surface area contributed by atoms with E-state index in [1.54, 1.807) is 0 Å². The van der Waals surface area contributed by atoms with E-state index in [-0.39, 0.29) is 5.91 Å². The van der Waals surface area contributed by atoms with E-state index in [0.717, 1.165) is 51.4 Å². The predicted molar refractivity (Wildman–Crippen MR) is 119 cm³/mol. The molecule has 1 aromatic carbocycles. The number of carbonyl (C=O) groups is 1. The third kappa shape index (κ3) is 6.46. The molecule has 1 saturated heterocycles. The van der Waals surface area contributed by atoms with Crippen LogP contribution in [0.5, 0.6) is 0 Å². The van der Waals surface area contributed by atoms with E-state index in [1.165, 1.54) is 17.5 Å². The lowest BCUT2D eigenvalue weighted by Crippen LogP contribution is -2.50. The first-order chi connectivity index (χ1) is 14.1. The number of aliphatic imine (C=N–C) groups is 1. The molecular formula is C23H37N5O. The van der Waals surface area contributed by atoms with Crippen LogP contribution < -0.4 is 16.0 Å². The van der Waals surface area contributed by atoms with Crippen LogP contribution in [-0.2, 0) is 4.79 Å². The van der Waals surface area contributed by atoms with Crippen LogP contribution in [0.1, 0.15) is 56.6 Å². The Kier molecular flexibility index (Phi) is 7.92. The quantitative estimate of drug-likeness (QED) is 0.464. The van der Waals surface area contributed by atoms with E-state index < -0.39 is 0 Å². The average molecular weight is 400 g/mol. The highest BCUT2D eigenvalue weighted by Gasteiger charge is 2.40. The molecule has 0 radical (unpaired) electrons. The molecule has 1 aliphatic carbocycles. The molecule has 29 heavy (non-hydrogen) atoms. The molecule has 160 valence electrons. The van der Waals surface area contributed by atoms with Crippen molar-refractivity contribution in [2.75, 3.05) is 32.7 Å². The summed E-state index contributed by atoms with van der Waals surface area (Å²) in [6, 6.07) is 9.57. The number of nitrogens with one attached hydrogen (secondary N) is 3. The maximum Gasteiger partial charge on any atom is 0.234 e. The zero-order chi connectivity index (χ0) is 20.6. The van der Waals surface area contributed by atoms with Crippen LogP contribution in [0.4, 0.5) is 0 Å². The van der Waals surface area contributed by atoms with Gasteiger partial charge < -0.3 is 16.0 Å². The predicted octanol–water partition coefficient (Wildman–Crippen LogP) is 2.40. The van der Waals surface area contributed by atoms with Gasteiger partial charge in [-0.05, 0) is 50.7 Å². The fourth-order valence-corrected chi connectivity index (χ4v) is 4.12. The Bertz CT molecular complexity index is 696. The number of piperidine rings is 1. The summed E-state index contributed by atoms with van der Waals surface area (Å²) in [6.07, 6.45) is 4.23. The summed E-state index contributed by atoms with van der Waals surface area (Å²) >= 11 is 0. The van der Waals surface area contributed by atoms with Gasteiger partial charge in [-0.2, -0.15) is 0 Å². The molecule has 0 spiro atoms. The zero-order valence-corrected chi connectivity index (χ0v) is 18.2. The number of nitrogens with zero attached hydrogens (tertiary/aromatic N) is 2. The van der Waals surface area contributed by atoms with Crippen molar-refractivity contribution in [1.82, 2.24) is 20.9 Å². The minimum Gasteiger partial charge on any atom is -0.355 e. The lowest BCUT2D eigenvalue weighted by Gasteiger charge is -2.32. The van der Waals surface area contributed by atoms with E-state index in [4.69, 9.17) is 0 Å². The summed E-state index contributed by atoms with van der Waals surface area (Å²) in [4.78, 5) is 18.8. The number of rotatable bonds is 8. The van der Waals surface area contributed by atoms with E-state index in [0.29, 0.717) is 24.5 Å². The van der Waals surface area contributed by atoms with Gasteiger partial charge in [0, 0.05) is 44.2 Å². The van der Waals surface area contributed by atoms with Crippen molar-refractivity contribution in [3.8, 4) is 0 Å². The van der Waals surface area contributed by atoms with Crippen molar-refractivity contribution in [3.63, 3.8) is 0 Å². The molecule has 6 nitrogen and oxygen atoms in total. The van der Waals surface area contributed by atoms with Crippen LogP contribution in [0.15, 0.2) is 29.3 Å². The number of hydrogen-bond acceptors (Lipinski definition) is 3. The van der Waals surface area contributed by atoms with Crippen LogP contribution >= 0.6 is 0 Å². The second-order valence-corrected chi connectivity index (χ2v) is 8.32. The smallest absolute Gasteiger partial charge is 0.234 e. The molecule has 0 aromatic heterocycles. The Labute approximate surface area is 175 Å². The third-order valence-corrected chi connectivity index (χ3v) is 5.88. The number of amides is 1. The minimum absolute atomic E-state index is 0.143. The van der Waals surface area contributed by atoms with Gasteiger partial charge in [0.1, 0.15) is 0 Å². The van der Waals surface area contributed by atoms with Crippen LogP contribution in [0.25, 0.3) is 0 Å². The molecule has 1 aromatic rings. The fraction of sp³-hybridized carbons (Fsp3) is 0.652. The Morgan fingerprint density at radius 3 is 2.62 bits per heavy atom. The van der Waals surface area contributed by atoms with Gasteiger partial charge in [0.05, 0.1) is 6.54 Å². The first-order valence-corrected chi connectivity index (χ1v) is 11.2. The number of guanidine groups is 1. The molecule has 3 N–H and O–H groups in total. The lowest BCUT2D eigenvalue weighted by molar-refractivity contribution is -0.122. The van der Waals surface area contributed by atoms with Crippen LogP contribution in [0.3, 0.4) is 0 Å². The molecule has 2 unspecified atom stereocenters. The summed E-state index contributed by atoms with van der Waals surface area (Å²) < 4.78 is 0. The molecule has 2 fully saturated rings. The highest BCUT2D eigenvalue weighted by atomic mass is 16.2. The van der Waals surface area contributed by atoms with Crippen LogP contribution in [0.2, 0.25) is 0 Å². The summed E-state index contributed by atoms with van der Waals surface area (Å²) in [5, 5.41) is 10.2. The largest absolute Gasteiger partial charge is 0.355 e. The molecule has 1 aliphatic heterocycles. The van der Waals surface area contributed by atoms with Gasteiger partial charge in [0.25, 0.3) is 0 Å². The van der Waals surface area contributed by atoms with Crippen molar-refractivity contribution < 1.29 is 4.79 Å². The summed E-state index contributed by atoms with van der Waals surface area (Å²) in [5.41, 5.74) is 2.83. The van der Waals surface area contributed by atoms with Crippen molar-refractivity contribution in [2.45, 2.75) is 64.5 Å².